The number of carbonyl (C=O) groups is 1. The Morgan fingerprint density at radius 1 is 1.24 bits per heavy atom. The van der Waals surface area contributed by atoms with E-state index in [1.165, 1.54) is 16.7 Å². The molecule has 4 unspecified atom stereocenters. The molecule has 3 aliphatic carbocycles. The van der Waals surface area contributed by atoms with Gasteiger partial charge in [-0.15, -0.1) is 0 Å². The number of nitrogens with two attached hydrogens (primary N) is 1. The van der Waals surface area contributed by atoms with E-state index in [9.17, 15) is 13.2 Å². The molecule has 33 heavy (non-hydrogen) atoms. The lowest BCUT2D eigenvalue weighted by Gasteiger charge is -2.50. The van der Waals surface area contributed by atoms with Crippen molar-refractivity contribution in [1.29, 1.82) is 0 Å². The average molecular weight is 467 g/mol. The van der Waals surface area contributed by atoms with Gasteiger partial charge in [0, 0.05) is 30.1 Å². The molecular weight excluding hydrogens is 436 g/mol. The summed E-state index contributed by atoms with van der Waals surface area (Å²) >= 11 is 0. The molecule has 1 amide bonds. The molecule has 5 rings (SSSR count). The van der Waals surface area contributed by atoms with Crippen molar-refractivity contribution in [1.82, 2.24) is 15.3 Å². The molecule has 7 nitrogen and oxygen atoms in total. The lowest BCUT2D eigenvalue weighted by Crippen LogP contribution is -2.41. The van der Waals surface area contributed by atoms with Crippen molar-refractivity contribution in [2.24, 2.45) is 22.4 Å². The van der Waals surface area contributed by atoms with Crippen LogP contribution in [0.4, 0.5) is 0 Å². The Balaban J connectivity index is 1.33. The van der Waals surface area contributed by atoms with Gasteiger partial charge in [0.05, 0.1) is 5.75 Å². The Kier molecular flexibility index (Phi) is 5.61. The molecule has 3 aliphatic rings. The van der Waals surface area contributed by atoms with Gasteiger partial charge in [0.1, 0.15) is 6.33 Å². The standard InChI is InChI=1S/C25H30N4O3S/c1-25-9-8-20-19-4-3-17(24(30)29-10-11-33(26,31)32)12-16(19)2-5-21(20)23(25)7-6-22(25)18-13-27-15-28-14-18/h3-4,6,12-15,20-21,23H,2,5,7-11H2,1H3,(H,29,30)(H2,26,31,32). The predicted molar refractivity (Wildman–Crippen MR) is 127 cm³/mol. The fraction of sp³-hybridized carbons (Fsp3) is 0.480. The van der Waals surface area contributed by atoms with Crippen LogP contribution in [0, 0.1) is 17.3 Å². The number of hydrogen-bond acceptors (Lipinski definition) is 5. The minimum atomic E-state index is -3.59. The van der Waals surface area contributed by atoms with E-state index in [2.05, 4.69) is 34.4 Å². The quantitative estimate of drug-likeness (QED) is 0.703. The maximum atomic E-state index is 12.5. The first kappa shape index (κ1) is 22.2. The van der Waals surface area contributed by atoms with Crippen molar-refractivity contribution in [3.05, 3.63) is 65.2 Å². The highest BCUT2D eigenvalue weighted by Crippen LogP contribution is 2.62. The molecule has 0 saturated heterocycles. The normalized spacial score (nSPS) is 28.3. The summed E-state index contributed by atoms with van der Waals surface area (Å²) in [6.07, 6.45) is 13.3. The molecule has 1 aromatic carbocycles. The largest absolute Gasteiger partial charge is 0.351 e. The summed E-state index contributed by atoms with van der Waals surface area (Å²) in [7, 11) is -3.59. The zero-order valence-corrected chi connectivity index (χ0v) is 19.6. The van der Waals surface area contributed by atoms with Crippen molar-refractivity contribution in [2.75, 3.05) is 12.3 Å². The number of aryl methyl sites for hydroxylation is 1. The zero-order valence-electron chi connectivity index (χ0n) is 18.8. The number of nitrogens with one attached hydrogen (secondary N) is 1. The van der Waals surface area contributed by atoms with Crippen LogP contribution in [0.1, 0.15) is 65.6 Å². The minimum Gasteiger partial charge on any atom is -0.351 e. The van der Waals surface area contributed by atoms with Crippen LogP contribution in [0.2, 0.25) is 0 Å². The Labute approximate surface area is 195 Å². The van der Waals surface area contributed by atoms with Gasteiger partial charge in [0.2, 0.25) is 10.0 Å². The molecule has 0 radical (unpaired) electrons. The van der Waals surface area contributed by atoms with Gasteiger partial charge in [-0.05, 0) is 84.1 Å². The van der Waals surface area contributed by atoms with Crippen molar-refractivity contribution < 1.29 is 13.2 Å². The molecule has 3 N–H and O–H groups in total. The second-order valence-corrected chi connectivity index (χ2v) is 11.6. The molecule has 174 valence electrons. The molecule has 1 saturated carbocycles. The first-order valence-corrected chi connectivity index (χ1v) is 13.4. The van der Waals surface area contributed by atoms with Gasteiger partial charge in [-0.3, -0.25) is 4.79 Å². The summed E-state index contributed by atoms with van der Waals surface area (Å²) in [5.74, 6) is 1.24. The smallest absolute Gasteiger partial charge is 0.251 e. The van der Waals surface area contributed by atoms with Crippen LogP contribution in [0.15, 0.2) is 43.0 Å². The maximum Gasteiger partial charge on any atom is 0.251 e. The number of amides is 1. The monoisotopic (exact) mass is 466 g/mol. The Morgan fingerprint density at radius 2 is 2.03 bits per heavy atom. The number of rotatable bonds is 5. The lowest BCUT2D eigenvalue weighted by molar-refractivity contribution is 0.0884. The van der Waals surface area contributed by atoms with Gasteiger partial charge in [-0.1, -0.05) is 19.1 Å². The fourth-order valence-corrected chi connectivity index (χ4v) is 6.97. The molecule has 0 aliphatic heterocycles. The molecule has 1 aromatic heterocycles. The number of primary sulfonamides is 1. The number of aromatic nitrogens is 2. The van der Waals surface area contributed by atoms with Crippen LogP contribution in [-0.2, 0) is 16.4 Å². The molecule has 8 heteroatoms. The number of benzene rings is 1. The molecule has 2 aromatic rings. The SMILES string of the molecule is CC12CCC3c4ccc(C(=O)NCCS(N)(=O)=O)cc4CCC3C1CC=C2c1cncnc1. The first-order valence-electron chi connectivity index (χ1n) is 11.6. The summed E-state index contributed by atoms with van der Waals surface area (Å²) < 4.78 is 22.2. The van der Waals surface area contributed by atoms with Gasteiger partial charge in [0.25, 0.3) is 5.91 Å². The topological polar surface area (TPSA) is 115 Å². The van der Waals surface area contributed by atoms with E-state index in [0.29, 0.717) is 23.3 Å². The summed E-state index contributed by atoms with van der Waals surface area (Å²) in [6, 6.07) is 5.99. The van der Waals surface area contributed by atoms with E-state index in [1.807, 2.05) is 24.5 Å². The van der Waals surface area contributed by atoms with Crippen LogP contribution < -0.4 is 10.5 Å². The third kappa shape index (κ3) is 4.10. The van der Waals surface area contributed by atoms with Crippen molar-refractivity contribution in [3.8, 4) is 0 Å². The van der Waals surface area contributed by atoms with E-state index in [1.54, 1.807) is 6.33 Å². The van der Waals surface area contributed by atoms with E-state index in [-0.39, 0.29) is 23.6 Å². The second-order valence-electron chi connectivity index (χ2n) is 9.89. The maximum absolute atomic E-state index is 12.5. The van der Waals surface area contributed by atoms with Crippen LogP contribution >= 0.6 is 0 Å². The molecular formula is C25H30N4O3S. The number of hydrogen-bond donors (Lipinski definition) is 2. The minimum absolute atomic E-state index is 0.0154. The van der Waals surface area contributed by atoms with Gasteiger partial charge >= 0.3 is 0 Å². The van der Waals surface area contributed by atoms with Crippen molar-refractivity contribution in [3.63, 3.8) is 0 Å². The molecule has 1 fully saturated rings. The van der Waals surface area contributed by atoms with Gasteiger partial charge < -0.3 is 5.32 Å². The van der Waals surface area contributed by atoms with Crippen molar-refractivity contribution >= 4 is 21.5 Å². The van der Waals surface area contributed by atoms with Crippen LogP contribution in [0.5, 0.6) is 0 Å². The first-order chi connectivity index (χ1) is 15.8. The molecule has 0 bridgehead atoms. The highest BCUT2D eigenvalue weighted by atomic mass is 32.2. The van der Waals surface area contributed by atoms with E-state index in [0.717, 1.165) is 37.7 Å². The molecule has 0 spiro atoms. The molecule has 1 heterocycles. The number of allylic oxidation sites excluding steroid dienone is 2. The predicted octanol–water partition coefficient (Wildman–Crippen LogP) is 3.04. The molecule has 4 atom stereocenters. The Morgan fingerprint density at radius 3 is 2.79 bits per heavy atom. The highest BCUT2D eigenvalue weighted by Gasteiger charge is 2.52. The summed E-state index contributed by atoms with van der Waals surface area (Å²) in [6.45, 7) is 2.44. The van der Waals surface area contributed by atoms with Crippen LogP contribution in [0.3, 0.4) is 0 Å². The van der Waals surface area contributed by atoms with Crippen LogP contribution in [-0.4, -0.2) is 36.6 Å². The third-order valence-corrected chi connectivity index (χ3v) is 8.89. The summed E-state index contributed by atoms with van der Waals surface area (Å²) in [5, 5.41) is 7.67. The Hall–Kier alpha value is -2.58. The fourth-order valence-electron chi connectivity index (χ4n) is 6.59. The van der Waals surface area contributed by atoms with Crippen LogP contribution in [0.25, 0.3) is 5.57 Å². The van der Waals surface area contributed by atoms with E-state index >= 15 is 0 Å². The third-order valence-electron chi connectivity index (χ3n) is 8.11. The summed E-state index contributed by atoms with van der Waals surface area (Å²) in [4.78, 5) is 21.0. The van der Waals surface area contributed by atoms with E-state index < -0.39 is 10.0 Å². The average Bonchev–Trinajstić information content (AvgIpc) is 3.15. The van der Waals surface area contributed by atoms with Gasteiger partial charge in [0.15, 0.2) is 0 Å². The van der Waals surface area contributed by atoms with Gasteiger partial charge in [-0.25, -0.2) is 23.5 Å². The van der Waals surface area contributed by atoms with Crippen molar-refractivity contribution in [2.45, 2.75) is 44.9 Å². The lowest BCUT2D eigenvalue weighted by atomic mass is 9.54. The van der Waals surface area contributed by atoms with E-state index in [4.69, 9.17) is 5.14 Å². The number of sulfonamides is 1. The van der Waals surface area contributed by atoms with Gasteiger partial charge in [-0.2, -0.15) is 0 Å². The number of carbonyl (C=O) groups excluding carboxylic acids is 1. The second kappa shape index (κ2) is 8.33. The summed E-state index contributed by atoms with van der Waals surface area (Å²) in [5.41, 5.74) is 5.93. The zero-order chi connectivity index (χ0) is 23.2. The highest BCUT2D eigenvalue weighted by molar-refractivity contribution is 7.89. The number of fused-ring (bicyclic) bond motifs is 5. The number of nitrogens with zero attached hydrogens (tertiary/aromatic N) is 2. The Bertz CT molecular complexity index is 1210.